The Balaban J connectivity index is 1.98. The first-order valence-corrected chi connectivity index (χ1v) is 6.98. The zero-order valence-corrected chi connectivity index (χ0v) is 11.3. The summed E-state index contributed by atoms with van der Waals surface area (Å²) in [6, 6.07) is 8.02. The number of fused-ring (bicyclic) bond motifs is 2. The third-order valence-corrected chi connectivity index (χ3v) is 4.42. The summed E-state index contributed by atoms with van der Waals surface area (Å²) < 4.78 is 1.19. The molecule has 4 rings (SSSR count). The Bertz CT molecular complexity index is 861. The summed E-state index contributed by atoms with van der Waals surface area (Å²) in [4.78, 5) is 12.8. The van der Waals surface area contributed by atoms with Crippen LogP contribution < -0.4 is 0 Å². The first kappa shape index (κ1) is 11.0. The maximum atomic E-state index is 5.90. The fourth-order valence-corrected chi connectivity index (χ4v) is 3.41. The lowest BCUT2D eigenvalue weighted by molar-refractivity contribution is 1.33. The van der Waals surface area contributed by atoms with E-state index in [4.69, 9.17) is 11.6 Å². The van der Waals surface area contributed by atoms with Crippen LogP contribution in [0.4, 0.5) is 0 Å². The molecule has 4 aromatic rings. The maximum absolute atomic E-state index is 5.90. The Kier molecular flexibility index (Phi) is 2.33. The van der Waals surface area contributed by atoms with E-state index >= 15 is 0 Å². The molecular formula is C14H8ClN3S. The number of H-pyrrole nitrogens is 1. The van der Waals surface area contributed by atoms with Crippen molar-refractivity contribution in [3.05, 3.63) is 48.0 Å². The highest BCUT2D eigenvalue weighted by Gasteiger charge is 2.10. The Morgan fingerprint density at radius 2 is 2.16 bits per heavy atom. The molecule has 0 unspecified atom stereocenters. The highest BCUT2D eigenvalue weighted by atomic mass is 35.5. The van der Waals surface area contributed by atoms with Gasteiger partial charge in [-0.25, -0.2) is 4.98 Å². The predicted molar refractivity (Wildman–Crippen MR) is 79.7 cm³/mol. The molecular weight excluding hydrogens is 278 g/mol. The molecule has 0 amide bonds. The minimum atomic E-state index is 0.501. The van der Waals surface area contributed by atoms with Gasteiger partial charge in [0.2, 0.25) is 0 Å². The van der Waals surface area contributed by atoms with Crippen molar-refractivity contribution in [2.24, 2.45) is 0 Å². The first-order valence-electron chi connectivity index (χ1n) is 5.79. The summed E-state index contributed by atoms with van der Waals surface area (Å²) in [6.45, 7) is 0. The summed E-state index contributed by atoms with van der Waals surface area (Å²) in [5, 5.41) is 2.80. The van der Waals surface area contributed by atoms with Crippen LogP contribution in [-0.4, -0.2) is 15.0 Å². The molecule has 0 bridgehead atoms. The van der Waals surface area contributed by atoms with Crippen molar-refractivity contribution in [2.45, 2.75) is 0 Å². The third kappa shape index (κ3) is 1.72. The lowest BCUT2D eigenvalue weighted by atomic mass is 10.2. The van der Waals surface area contributed by atoms with Gasteiger partial charge < -0.3 is 4.98 Å². The van der Waals surface area contributed by atoms with Crippen molar-refractivity contribution < 1.29 is 0 Å². The summed E-state index contributed by atoms with van der Waals surface area (Å²) in [7, 11) is 0. The van der Waals surface area contributed by atoms with Gasteiger partial charge in [0, 0.05) is 34.4 Å². The number of hydrogen-bond acceptors (Lipinski definition) is 3. The number of hydrogen-bond donors (Lipinski definition) is 1. The summed E-state index contributed by atoms with van der Waals surface area (Å²) in [5.74, 6) is 0. The minimum Gasteiger partial charge on any atom is -0.345 e. The van der Waals surface area contributed by atoms with Crippen LogP contribution in [0, 0.1) is 0 Å². The minimum absolute atomic E-state index is 0.501. The number of aromatic amines is 1. The molecule has 0 fully saturated rings. The molecule has 1 N–H and O–H groups in total. The average Bonchev–Trinajstić information content (AvgIpc) is 3.00. The molecule has 4 aromatic heterocycles. The van der Waals surface area contributed by atoms with Gasteiger partial charge in [0.15, 0.2) is 0 Å². The van der Waals surface area contributed by atoms with Gasteiger partial charge in [-0.3, -0.25) is 4.98 Å². The molecule has 0 radical (unpaired) electrons. The second kappa shape index (κ2) is 4.05. The Morgan fingerprint density at radius 1 is 1.21 bits per heavy atom. The van der Waals surface area contributed by atoms with Crippen molar-refractivity contribution in [3.63, 3.8) is 0 Å². The summed E-state index contributed by atoms with van der Waals surface area (Å²) in [6.07, 6.45) is 5.69. The maximum Gasteiger partial charge on any atom is 0.139 e. The number of halogens is 1. The third-order valence-electron chi connectivity index (χ3n) is 3.09. The lowest BCUT2D eigenvalue weighted by Gasteiger charge is -1.94. The van der Waals surface area contributed by atoms with Crippen molar-refractivity contribution >= 4 is 44.1 Å². The fraction of sp³-hybridized carbons (Fsp3) is 0. The Hall–Kier alpha value is -1.91. The molecule has 0 aliphatic heterocycles. The number of rotatable bonds is 1. The van der Waals surface area contributed by atoms with Gasteiger partial charge >= 0.3 is 0 Å². The highest BCUT2D eigenvalue weighted by Crippen LogP contribution is 2.36. The van der Waals surface area contributed by atoms with Crippen LogP contribution in [-0.2, 0) is 0 Å². The van der Waals surface area contributed by atoms with Gasteiger partial charge in [-0.1, -0.05) is 11.6 Å². The number of pyridine rings is 2. The molecule has 19 heavy (non-hydrogen) atoms. The fourth-order valence-electron chi connectivity index (χ4n) is 2.20. The second-order valence-electron chi connectivity index (χ2n) is 4.26. The van der Waals surface area contributed by atoms with Crippen LogP contribution in [0.15, 0.2) is 42.9 Å². The van der Waals surface area contributed by atoms with E-state index in [1.165, 1.54) is 15.0 Å². The monoisotopic (exact) mass is 285 g/mol. The van der Waals surface area contributed by atoms with E-state index in [9.17, 15) is 0 Å². The van der Waals surface area contributed by atoms with Gasteiger partial charge in [0.05, 0.1) is 4.70 Å². The molecule has 0 aromatic carbocycles. The van der Waals surface area contributed by atoms with E-state index in [0.717, 1.165) is 16.6 Å². The molecule has 0 aliphatic carbocycles. The molecule has 0 spiro atoms. The Morgan fingerprint density at radius 3 is 3.05 bits per heavy atom. The molecule has 92 valence electrons. The molecule has 0 saturated carbocycles. The van der Waals surface area contributed by atoms with Crippen LogP contribution >= 0.6 is 22.9 Å². The van der Waals surface area contributed by atoms with Gasteiger partial charge in [-0.2, -0.15) is 0 Å². The smallest absolute Gasteiger partial charge is 0.139 e. The Labute approximate surface area is 117 Å². The van der Waals surface area contributed by atoms with Crippen molar-refractivity contribution in [1.82, 2.24) is 15.0 Å². The topological polar surface area (TPSA) is 41.6 Å². The van der Waals surface area contributed by atoms with E-state index in [1.807, 2.05) is 36.8 Å². The molecule has 3 nitrogen and oxygen atoms in total. The number of aromatic nitrogens is 3. The molecule has 0 atom stereocenters. The van der Waals surface area contributed by atoms with Crippen LogP contribution in [0.2, 0.25) is 5.15 Å². The number of nitrogens with zero attached hydrogens (tertiary/aromatic N) is 2. The first-order chi connectivity index (χ1) is 9.31. The van der Waals surface area contributed by atoms with Gasteiger partial charge in [-0.15, -0.1) is 11.3 Å². The lowest BCUT2D eigenvalue weighted by Crippen LogP contribution is -1.76. The van der Waals surface area contributed by atoms with Crippen LogP contribution in [0.5, 0.6) is 0 Å². The average molecular weight is 286 g/mol. The second-order valence-corrected chi connectivity index (χ2v) is 5.73. The molecule has 0 saturated heterocycles. The SMILES string of the molecule is Clc1ccc2c(-c3cc4ccncc4s3)c[nH]c2n1. The van der Waals surface area contributed by atoms with Crippen molar-refractivity contribution in [2.75, 3.05) is 0 Å². The molecule has 4 heterocycles. The van der Waals surface area contributed by atoms with Gasteiger partial charge in [0.25, 0.3) is 0 Å². The van der Waals surface area contributed by atoms with Crippen LogP contribution in [0.1, 0.15) is 0 Å². The van der Waals surface area contributed by atoms with E-state index < -0.39 is 0 Å². The van der Waals surface area contributed by atoms with Crippen LogP contribution in [0.25, 0.3) is 31.6 Å². The quantitative estimate of drug-likeness (QED) is 0.523. The molecule has 5 heteroatoms. The van der Waals surface area contributed by atoms with Crippen molar-refractivity contribution in [3.8, 4) is 10.4 Å². The highest BCUT2D eigenvalue weighted by molar-refractivity contribution is 7.22. The van der Waals surface area contributed by atoms with Crippen LogP contribution in [0.3, 0.4) is 0 Å². The summed E-state index contributed by atoms with van der Waals surface area (Å²) in [5.41, 5.74) is 1.97. The zero-order chi connectivity index (χ0) is 12.8. The number of nitrogens with one attached hydrogen (secondary N) is 1. The predicted octanol–water partition coefficient (Wildman–Crippen LogP) is 4.49. The zero-order valence-electron chi connectivity index (χ0n) is 9.72. The van der Waals surface area contributed by atoms with Gasteiger partial charge in [-0.05, 0) is 29.7 Å². The van der Waals surface area contributed by atoms with E-state index in [1.54, 1.807) is 11.3 Å². The summed E-state index contributed by atoms with van der Waals surface area (Å²) >= 11 is 7.63. The van der Waals surface area contributed by atoms with E-state index in [2.05, 4.69) is 21.0 Å². The largest absolute Gasteiger partial charge is 0.345 e. The standard InChI is InChI=1S/C14H8ClN3S/c15-13-2-1-9-10(6-17-14(9)18-13)11-5-8-3-4-16-7-12(8)19-11/h1-7H,(H,17,18). The van der Waals surface area contributed by atoms with E-state index in [0.29, 0.717) is 5.15 Å². The number of thiophene rings is 1. The normalized spacial score (nSPS) is 11.4. The van der Waals surface area contributed by atoms with Gasteiger partial charge in [0.1, 0.15) is 10.8 Å². The van der Waals surface area contributed by atoms with E-state index in [-0.39, 0.29) is 0 Å². The van der Waals surface area contributed by atoms with Crippen molar-refractivity contribution in [1.29, 1.82) is 0 Å². The molecule has 0 aliphatic rings.